The summed E-state index contributed by atoms with van der Waals surface area (Å²) in [5.74, 6) is -1.04. The van der Waals surface area contributed by atoms with Crippen LogP contribution in [0.25, 0.3) is 0 Å². The summed E-state index contributed by atoms with van der Waals surface area (Å²) in [4.78, 5) is 22.7. The van der Waals surface area contributed by atoms with Gasteiger partial charge in [-0.25, -0.2) is 9.59 Å². The van der Waals surface area contributed by atoms with E-state index >= 15 is 0 Å². The van der Waals surface area contributed by atoms with Crippen LogP contribution in [0.3, 0.4) is 0 Å². The molecule has 1 heterocycles. The van der Waals surface area contributed by atoms with Crippen molar-refractivity contribution in [3.05, 3.63) is 53.3 Å². The molecule has 0 atom stereocenters. The van der Waals surface area contributed by atoms with Crippen molar-refractivity contribution in [3.63, 3.8) is 0 Å². The largest absolute Gasteiger partial charge is 0.478 e. The first-order valence-electron chi connectivity index (χ1n) is 6.21. The Hall–Kier alpha value is -2.96. The third-order valence-corrected chi connectivity index (χ3v) is 2.79. The zero-order valence-electron chi connectivity index (χ0n) is 11.3. The van der Waals surface area contributed by atoms with E-state index in [4.69, 9.17) is 5.11 Å². The predicted octanol–water partition coefficient (Wildman–Crippen LogP) is 1.80. The maximum absolute atomic E-state index is 11.8. The van der Waals surface area contributed by atoms with E-state index in [0.29, 0.717) is 11.4 Å². The second-order valence-electron chi connectivity index (χ2n) is 4.36. The number of benzene rings is 1. The first kappa shape index (κ1) is 14.4. The van der Waals surface area contributed by atoms with Crippen molar-refractivity contribution in [1.29, 1.82) is 0 Å². The maximum atomic E-state index is 11.8. The number of aromatic nitrogens is 2. The molecule has 2 aromatic rings. The molecule has 7 heteroatoms. The molecule has 0 saturated heterocycles. The van der Waals surface area contributed by atoms with Gasteiger partial charge in [-0.3, -0.25) is 0 Å². The van der Waals surface area contributed by atoms with E-state index in [2.05, 4.69) is 20.8 Å². The Morgan fingerprint density at radius 3 is 2.76 bits per heavy atom. The number of amides is 2. The third kappa shape index (κ3) is 4.00. The summed E-state index contributed by atoms with van der Waals surface area (Å²) in [7, 11) is 0. The van der Waals surface area contributed by atoms with Gasteiger partial charge in [0.05, 0.1) is 17.8 Å². The minimum atomic E-state index is -1.04. The molecule has 7 nitrogen and oxygen atoms in total. The Kier molecular flexibility index (Phi) is 4.45. The summed E-state index contributed by atoms with van der Waals surface area (Å²) in [5.41, 5.74) is 1.97. The Morgan fingerprint density at radius 2 is 2.10 bits per heavy atom. The summed E-state index contributed by atoms with van der Waals surface area (Å²) in [5, 5.41) is 21.7. The molecule has 0 aliphatic carbocycles. The molecular formula is C14H14N4O3. The second-order valence-corrected chi connectivity index (χ2v) is 4.36. The molecule has 21 heavy (non-hydrogen) atoms. The van der Waals surface area contributed by atoms with E-state index in [1.54, 1.807) is 31.3 Å². The number of nitrogens with zero attached hydrogens (tertiary/aromatic N) is 2. The average Bonchev–Trinajstić information content (AvgIpc) is 2.48. The van der Waals surface area contributed by atoms with Gasteiger partial charge in [-0.2, -0.15) is 10.2 Å². The van der Waals surface area contributed by atoms with E-state index in [0.717, 1.165) is 5.56 Å². The molecule has 0 aliphatic rings. The normalized spacial score (nSPS) is 9.95. The monoisotopic (exact) mass is 286 g/mol. The number of urea groups is 1. The number of anilines is 1. The van der Waals surface area contributed by atoms with Gasteiger partial charge in [0, 0.05) is 11.9 Å². The second kappa shape index (κ2) is 6.47. The van der Waals surface area contributed by atoms with Crippen LogP contribution in [-0.4, -0.2) is 27.3 Å². The molecule has 3 N–H and O–H groups in total. The molecule has 0 spiro atoms. The predicted molar refractivity (Wildman–Crippen MR) is 76.0 cm³/mol. The number of nitrogens with one attached hydrogen (secondary N) is 2. The van der Waals surface area contributed by atoms with E-state index in [1.165, 1.54) is 12.1 Å². The van der Waals surface area contributed by atoms with Crippen molar-refractivity contribution in [1.82, 2.24) is 15.5 Å². The molecule has 0 fully saturated rings. The Balaban J connectivity index is 1.99. The van der Waals surface area contributed by atoms with Crippen LogP contribution in [0.5, 0.6) is 0 Å². The Bertz CT molecular complexity index is 659. The van der Waals surface area contributed by atoms with E-state index in [9.17, 15) is 9.59 Å². The number of carbonyl (C=O) groups is 2. The number of aromatic carboxylic acids is 1. The first-order valence-corrected chi connectivity index (χ1v) is 6.21. The fraction of sp³-hybridized carbons (Fsp3) is 0.143. The molecule has 1 aromatic carbocycles. The van der Waals surface area contributed by atoms with Gasteiger partial charge < -0.3 is 15.7 Å². The molecule has 0 radical (unpaired) electrons. The highest BCUT2D eigenvalue weighted by molar-refractivity contribution is 5.93. The maximum Gasteiger partial charge on any atom is 0.335 e. The fourth-order valence-corrected chi connectivity index (χ4v) is 1.65. The highest BCUT2D eigenvalue weighted by Gasteiger charge is 2.09. The smallest absolute Gasteiger partial charge is 0.335 e. The van der Waals surface area contributed by atoms with Crippen LogP contribution in [0.1, 0.15) is 21.6 Å². The van der Waals surface area contributed by atoms with Crippen molar-refractivity contribution in [3.8, 4) is 0 Å². The van der Waals surface area contributed by atoms with Gasteiger partial charge in [0.25, 0.3) is 0 Å². The van der Waals surface area contributed by atoms with Gasteiger partial charge in [-0.05, 0) is 36.8 Å². The lowest BCUT2D eigenvalue weighted by molar-refractivity contribution is 0.0697. The Labute approximate surface area is 121 Å². The number of hydrogen-bond donors (Lipinski definition) is 3. The molecule has 0 unspecified atom stereocenters. The van der Waals surface area contributed by atoms with Crippen molar-refractivity contribution in [2.24, 2.45) is 0 Å². The quantitative estimate of drug-likeness (QED) is 0.795. The number of carboxylic acid groups (broad SMARTS) is 1. The highest BCUT2D eigenvalue weighted by Crippen LogP contribution is 2.16. The molecule has 108 valence electrons. The van der Waals surface area contributed by atoms with Crippen molar-refractivity contribution in [2.75, 3.05) is 5.32 Å². The lowest BCUT2D eigenvalue weighted by Gasteiger charge is -2.10. The van der Waals surface area contributed by atoms with Crippen LogP contribution >= 0.6 is 0 Å². The van der Waals surface area contributed by atoms with Crippen molar-refractivity contribution >= 4 is 17.7 Å². The molecule has 0 bridgehead atoms. The van der Waals surface area contributed by atoms with Gasteiger partial charge in [-0.15, -0.1) is 0 Å². The summed E-state index contributed by atoms with van der Waals surface area (Å²) in [6.45, 7) is 2.02. The molecule has 0 aliphatic heterocycles. The number of aryl methyl sites for hydroxylation is 1. The standard InChI is InChI=1S/C14H14N4O3/c1-9-4-5-10(13(19)20)7-12(9)17-14(21)15-8-11-3-2-6-16-18-11/h2-7H,8H2,1H3,(H,19,20)(H2,15,17,21). The van der Waals surface area contributed by atoms with E-state index < -0.39 is 12.0 Å². The summed E-state index contributed by atoms with van der Waals surface area (Å²) in [6, 6.07) is 7.57. The Morgan fingerprint density at radius 1 is 1.29 bits per heavy atom. The topological polar surface area (TPSA) is 104 Å². The van der Waals surface area contributed by atoms with Crippen LogP contribution in [0.2, 0.25) is 0 Å². The van der Waals surface area contributed by atoms with E-state index in [-0.39, 0.29) is 12.1 Å². The number of rotatable bonds is 4. The SMILES string of the molecule is Cc1ccc(C(=O)O)cc1NC(=O)NCc1cccnn1. The van der Waals surface area contributed by atoms with E-state index in [1.807, 2.05) is 0 Å². The molecule has 1 aromatic heterocycles. The van der Waals surface area contributed by atoms with Gasteiger partial charge >= 0.3 is 12.0 Å². The van der Waals surface area contributed by atoms with Gasteiger partial charge in [-0.1, -0.05) is 6.07 Å². The molecule has 2 amide bonds. The zero-order valence-corrected chi connectivity index (χ0v) is 11.3. The lowest BCUT2D eigenvalue weighted by Crippen LogP contribution is -2.29. The summed E-state index contributed by atoms with van der Waals surface area (Å²) >= 11 is 0. The van der Waals surface area contributed by atoms with Crippen LogP contribution in [0.4, 0.5) is 10.5 Å². The van der Waals surface area contributed by atoms with Crippen LogP contribution < -0.4 is 10.6 Å². The van der Waals surface area contributed by atoms with Crippen LogP contribution in [0, 0.1) is 6.92 Å². The van der Waals surface area contributed by atoms with Crippen LogP contribution in [0.15, 0.2) is 36.5 Å². The molecule has 0 saturated carbocycles. The first-order chi connectivity index (χ1) is 10.1. The highest BCUT2D eigenvalue weighted by atomic mass is 16.4. The number of carboxylic acids is 1. The molecular weight excluding hydrogens is 272 g/mol. The van der Waals surface area contributed by atoms with Gasteiger partial charge in [0.15, 0.2) is 0 Å². The summed E-state index contributed by atoms with van der Waals surface area (Å²) in [6.07, 6.45) is 1.55. The summed E-state index contributed by atoms with van der Waals surface area (Å²) < 4.78 is 0. The van der Waals surface area contributed by atoms with Gasteiger partial charge in [0.1, 0.15) is 0 Å². The molecule has 2 rings (SSSR count). The minimum Gasteiger partial charge on any atom is -0.478 e. The fourth-order valence-electron chi connectivity index (χ4n) is 1.65. The lowest BCUT2D eigenvalue weighted by atomic mass is 10.1. The van der Waals surface area contributed by atoms with Crippen LogP contribution in [-0.2, 0) is 6.54 Å². The van der Waals surface area contributed by atoms with Crippen molar-refractivity contribution < 1.29 is 14.7 Å². The van der Waals surface area contributed by atoms with Gasteiger partial charge in [0.2, 0.25) is 0 Å². The zero-order chi connectivity index (χ0) is 15.2. The minimum absolute atomic E-state index is 0.116. The number of carbonyl (C=O) groups excluding carboxylic acids is 1. The average molecular weight is 286 g/mol. The van der Waals surface area contributed by atoms with Crippen molar-refractivity contribution in [2.45, 2.75) is 13.5 Å². The third-order valence-electron chi connectivity index (χ3n) is 2.79. The number of hydrogen-bond acceptors (Lipinski definition) is 4.